The van der Waals surface area contributed by atoms with Crippen LogP contribution in [-0.2, 0) is 4.74 Å². The standard InChI is InChI=1S/C44H74N4O/c1-3-5-7-9-11-13-15-17-19-21-23-25-27-33-43(39-47-41-31-29-35-45-37-41)49-44(40-48-42-32-30-36-46-38-42)34-28-26-24-22-20-18-16-14-12-10-8-6-4-2/h29-32,35-40,43-44H,3-28,33-34H2,1-2H3. The molecule has 2 rings (SSSR count). The minimum absolute atomic E-state index is 0.0414. The first kappa shape index (κ1) is 42.8. The summed E-state index contributed by atoms with van der Waals surface area (Å²) < 4.78 is 6.77. The fraction of sp³-hybridized carbons (Fsp3) is 0.727. The molecule has 0 aliphatic heterocycles. The molecule has 2 unspecified atom stereocenters. The Morgan fingerprint density at radius 1 is 0.469 bits per heavy atom. The van der Waals surface area contributed by atoms with Crippen molar-refractivity contribution in [2.24, 2.45) is 9.98 Å². The number of ether oxygens (including phenoxy) is 1. The van der Waals surface area contributed by atoms with E-state index in [0.717, 1.165) is 37.1 Å². The summed E-state index contributed by atoms with van der Waals surface area (Å²) in [5.41, 5.74) is 1.75. The highest BCUT2D eigenvalue weighted by molar-refractivity contribution is 5.70. The first-order valence-electron chi connectivity index (χ1n) is 20.9. The Morgan fingerprint density at radius 2 is 0.776 bits per heavy atom. The Balaban J connectivity index is 1.78. The van der Waals surface area contributed by atoms with E-state index in [9.17, 15) is 0 Å². The Hall–Kier alpha value is -2.40. The lowest BCUT2D eigenvalue weighted by Gasteiger charge is -2.20. The van der Waals surface area contributed by atoms with Gasteiger partial charge in [-0.15, -0.1) is 0 Å². The van der Waals surface area contributed by atoms with Gasteiger partial charge in [0.05, 0.1) is 36.0 Å². The first-order valence-corrected chi connectivity index (χ1v) is 20.9. The summed E-state index contributed by atoms with van der Waals surface area (Å²) in [5, 5.41) is 0. The fourth-order valence-corrected chi connectivity index (χ4v) is 6.51. The molecule has 0 fully saturated rings. The van der Waals surface area contributed by atoms with Crippen LogP contribution in [0.2, 0.25) is 0 Å². The third-order valence-electron chi connectivity index (χ3n) is 9.61. The Bertz CT molecular complexity index is 931. The van der Waals surface area contributed by atoms with Crippen LogP contribution in [-0.4, -0.2) is 34.6 Å². The monoisotopic (exact) mass is 675 g/mol. The maximum Gasteiger partial charge on any atom is 0.0935 e. The number of pyridine rings is 2. The molecule has 0 amide bonds. The number of aromatic nitrogens is 2. The van der Waals surface area contributed by atoms with Gasteiger partial charge in [0.1, 0.15) is 0 Å². The smallest absolute Gasteiger partial charge is 0.0935 e. The molecule has 0 aliphatic carbocycles. The zero-order chi connectivity index (χ0) is 34.7. The number of unbranched alkanes of at least 4 members (excludes halogenated alkanes) is 24. The molecule has 276 valence electrons. The molecule has 0 aromatic carbocycles. The number of hydrogen-bond donors (Lipinski definition) is 0. The molecule has 49 heavy (non-hydrogen) atoms. The van der Waals surface area contributed by atoms with Gasteiger partial charge in [-0.25, -0.2) is 0 Å². The molecule has 0 saturated carbocycles. The van der Waals surface area contributed by atoms with Gasteiger partial charge in [0.25, 0.3) is 0 Å². The van der Waals surface area contributed by atoms with Gasteiger partial charge in [0.2, 0.25) is 0 Å². The van der Waals surface area contributed by atoms with Crippen LogP contribution in [0.4, 0.5) is 11.4 Å². The molecule has 0 radical (unpaired) electrons. The van der Waals surface area contributed by atoms with E-state index in [4.69, 9.17) is 14.7 Å². The third-order valence-corrected chi connectivity index (χ3v) is 9.61. The second kappa shape index (κ2) is 32.8. The summed E-state index contributed by atoms with van der Waals surface area (Å²) in [6.45, 7) is 4.59. The van der Waals surface area contributed by atoms with Crippen LogP contribution in [0.1, 0.15) is 194 Å². The van der Waals surface area contributed by atoms with E-state index < -0.39 is 0 Å². The Labute approximate surface area is 302 Å². The topological polar surface area (TPSA) is 59.7 Å². The van der Waals surface area contributed by atoms with Gasteiger partial charge in [0.15, 0.2) is 0 Å². The molecule has 2 heterocycles. The summed E-state index contributed by atoms with van der Waals surface area (Å²) >= 11 is 0. The minimum Gasteiger partial charge on any atom is -0.364 e. The molecule has 0 saturated heterocycles. The van der Waals surface area contributed by atoms with E-state index in [1.54, 1.807) is 12.4 Å². The quantitative estimate of drug-likeness (QED) is 0.0548. The highest BCUT2D eigenvalue weighted by Crippen LogP contribution is 2.19. The highest BCUT2D eigenvalue weighted by atomic mass is 16.5. The van der Waals surface area contributed by atoms with Crippen LogP contribution in [0, 0.1) is 0 Å². The average Bonchev–Trinajstić information content (AvgIpc) is 3.13. The van der Waals surface area contributed by atoms with Gasteiger partial charge < -0.3 is 4.74 Å². The highest BCUT2D eigenvalue weighted by Gasteiger charge is 2.14. The zero-order valence-electron chi connectivity index (χ0n) is 31.9. The van der Waals surface area contributed by atoms with E-state index in [2.05, 4.69) is 23.8 Å². The number of rotatable bonds is 34. The predicted molar refractivity (Wildman–Crippen MR) is 214 cm³/mol. The SMILES string of the molecule is CCCCCCCCCCCCCCCC(C=Nc1cccnc1)OC(C=Nc1cccnc1)CCCCCCCCCCCCCCC. The lowest BCUT2D eigenvalue weighted by atomic mass is 10.0. The summed E-state index contributed by atoms with van der Waals surface area (Å²) in [7, 11) is 0. The van der Waals surface area contributed by atoms with Gasteiger partial charge in [-0.3, -0.25) is 20.0 Å². The van der Waals surface area contributed by atoms with Crippen molar-refractivity contribution < 1.29 is 4.74 Å². The number of aliphatic imine (C=N–C) groups is 2. The molecular formula is C44H74N4O. The van der Waals surface area contributed by atoms with Crippen molar-refractivity contribution in [3.05, 3.63) is 49.1 Å². The van der Waals surface area contributed by atoms with E-state index in [-0.39, 0.29) is 12.2 Å². The molecule has 2 aromatic heterocycles. The fourth-order valence-electron chi connectivity index (χ4n) is 6.51. The normalized spacial score (nSPS) is 13.1. The number of nitrogens with zero attached hydrogens (tertiary/aromatic N) is 4. The van der Waals surface area contributed by atoms with Gasteiger partial charge in [0, 0.05) is 24.8 Å². The van der Waals surface area contributed by atoms with Crippen LogP contribution in [0.25, 0.3) is 0 Å². The second-order valence-electron chi connectivity index (χ2n) is 14.3. The van der Waals surface area contributed by atoms with Crippen molar-refractivity contribution in [1.82, 2.24) is 9.97 Å². The molecule has 2 atom stereocenters. The van der Waals surface area contributed by atoms with Crippen molar-refractivity contribution in [2.45, 2.75) is 206 Å². The number of hydrogen-bond acceptors (Lipinski definition) is 5. The summed E-state index contributed by atoms with van der Waals surface area (Å²) in [6.07, 6.45) is 48.5. The van der Waals surface area contributed by atoms with Gasteiger partial charge in [-0.1, -0.05) is 181 Å². The zero-order valence-corrected chi connectivity index (χ0v) is 31.9. The van der Waals surface area contributed by atoms with Gasteiger partial charge >= 0.3 is 0 Å². The van der Waals surface area contributed by atoms with E-state index in [1.807, 2.05) is 49.1 Å². The summed E-state index contributed by atoms with van der Waals surface area (Å²) in [4.78, 5) is 18.0. The lowest BCUT2D eigenvalue weighted by molar-refractivity contribution is 0.0570. The average molecular weight is 675 g/mol. The molecular weight excluding hydrogens is 601 g/mol. The van der Waals surface area contributed by atoms with E-state index >= 15 is 0 Å². The van der Waals surface area contributed by atoms with Crippen molar-refractivity contribution in [3.8, 4) is 0 Å². The van der Waals surface area contributed by atoms with Crippen molar-refractivity contribution in [3.63, 3.8) is 0 Å². The minimum atomic E-state index is -0.0414. The predicted octanol–water partition coefficient (Wildman–Crippen LogP) is 14.3. The van der Waals surface area contributed by atoms with Crippen molar-refractivity contribution in [1.29, 1.82) is 0 Å². The Kier molecular flexibility index (Phi) is 28.6. The lowest BCUT2D eigenvalue weighted by Crippen LogP contribution is -2.25. The van der Waals surface area contributed by atoms with E-state index in [1.165, 1.54) is 154 Å². The molecule has 2 aromatic rings. The molecule has 5 heteroatoms. The molecule has 0 aliphatic rings. The third kappa shape index (κ3) is 26.1. The van der Waals surface area contributed by atoms with Crippen LogP contribution in [0.3, 0.4) is 0 Å². The van der Waals surface area contributed by atoms with Gasteiger partial charge in [-0.2, -0.15) is 0 Å². The summed E-state index contributed by atoms with van der Waals surface area (Å²) in [5.74, 6) is 0. The van der Waals surface area contributed by atoms with Gasteiger partial charge in [-0.05, 0) is 37.1 Å². The molecule has 5 nitrogen and oxygen atoms in total. The Morgan fingerprint density at radius 3 is 1.06 bits per heavy atom. The van der Waals surface area contributed by atoms with Crippen LogP contribution in [0.5, 0.6) is 0 Å². The maximum atomic E-state index is 6.77. The van der Waals surface area contributed by atoms with Crippen molar-refractivity contribution >= 4 is 23.8 Å². The van der Waals surface area contributed by atoms with Crippen LogP contribution in [0.15, 0.2) is 59.0 Å². The molecule has 0 bridgehead atoms. The van der Waals surface area contributed by atoms with Crippen LogP contribution >= 0.6 is 0 Å². The van der Waals surface area contributed by atoms with Crippen LogP contribution < -0.4 is 0 Å². The van der Waals surface area contributed by atoms with E-state index in [0.29, 0.717) is 0 Å². The molecule has 0 spiro atoms. The summed E-state index contributed by atoms with van der Waals surface area (Å²) in [6, 6.07) is 7.88. The van der Waals surface area contributed by atoms with Crippen molar-refractivity contribution in [2.75, 3.05) is 0 Å². The second-order valence-corrected chi connectivity index (χ2v) is 14.3. The first-order chi connectivity index (χ1) is 24.3. The molecule has 0 N–H and O–H groups in total. The largest absolute Gasteiger partial charge is 0.364 e. The maximum absolute atomic E-state index is 6.77.